The molecule has 112 valence electrons. The summed E-state index contributed by atoms with van der Waals surface area (Å²) < 4.78 is 5.30. The predicted octanol–water partition coefficient (Wildman–Crippen LogP) is 3.05. The van der Waals surface area contributed by atoms with Gasteiger partial charge in [0.2, 0.25) is 0 Å². The Morgan fingerprint density at radius 3 is 2.65 bits per heavy atom. The second-order valence-corrected chi connectivity index (χ2v) is 5.83. The predicted molar refractivity (Wildman–Crippen MR) is 84.2 cm³/mol. The Hall–Kier alpha value is -1.06. The summed E-state index contributed by atoms with van der Waals surface area (Å²) in [5.41, 5.74) is 1.33. The zero-order valence-electron chi connectivity index (χ0n) is 13.1. The van der Waals surface area contributed by atoms with Gasteiger partial charge in [0.05, 0.1) is 7.11 Å². The zero-order valence-corrected chi connectivity index (χ0v) is 13.1. The van der Waals surface area contributed by atoms with E-state index in [1.54, 1.807) is 7.11 Å². The Balaban J connectivity index is 1.84. The molecular formula is C17H28N2O. The number of hydrogen-bond acceptors (Lipinski definition) is 3. The van der Waals surface area contributed by atoms with E-state index < -0.39 is 0 Å². The smallest absolute Gasteiger partial charge is 0.119 e. The normalized spacial score (nSPS) is 23.0. The third-order valence-corrected chi connectivity index (χ3v) is 4.38. The first-order valence-electron chi connectivity index (χ1n) is 7.79. The monoisotopic (exact) mass is 276 g/mol. The lowest BCUT2D eigenvalue weighted by molar-refractivity contribution is 0.168. The molecule has 20 heavy (non-hydrogen) atoms. The van der Waals surface area contributed by atoms with Crippen LogP contribution in [0.25, 0.3) is 0 Å². The van der Waals surface area contributed by atoms with Gasteiger partial charge in [0.15, 0.2) is 0 Å². The van der Waals surface area contributed by atoms with E-state index in [2.05, 4.69) is 42.4 Å². The number of ether oxygens (including phenoxy) is 1. The van der Waals surface area contributed by atoms with E-state index in [1.165, 1.54) is 31.2 Å². The summed E-state index contributed by atoms with van der Waals surface area (Å²) in [6.45, 7) is 4.30. The quantitative estimate of drug-likeness (QED) is 0.864. The van der Waals surface area contributed by atoms with Gasteiger partial charge < -0.3 is 10.1 Å². The fourth-order valence-corrected chi connectivity index (χ4v) is 3.20. The van der Waals surface area contributed by atoms with Crippen molar-refractivity contribution in [1.82, 2.24) is 10.2 Å². The lowest BCUT2D eigenvalue weighted by Crippen LogP contribution is -2.40. The van der Waals surface area contributed by atoms with Crippen LogP contribution in [0.15, 0.2) is 24.3 Å². The molecule has 1 N–H and O–H groups in total. The molecule has 1 fully saturated rings. The molecule has 1 aliphatic carbocycles. The van der Waals surface area contributed by atoms with Crippen LogP contribution in [0.3, 0.4) is 0 Å². The minimum Gasteiger partial charge on any atom is -0.497 e. The van der Waals surface area contributed by atoms with Crippen molar-refractivity contribution >= 4 is 0 Å². The van der Waals surface area contributed by atoms with E-state index in [1.807, 2.05) is 6.07 Å². The van der Waals surface area contributed by atoms with Crippen LogP contribution in [0.1, 0.15) is 38.2 Å². The van der Waals surface area contributed by atoms with Gasteiger partial charge in [0.25, 0.3) is 0 Å². The van der Waals surface area contributed by atoms with Crippen molar-refractivity contribution in [2.24, 2.45) is 0 Å². The van der Waals surface area contributed by atoms with Gasteiger partial charge in [-0.2, -0.15) is 0 Å². The molecule has 1 saturated carbocycles. The molecular weight excluding hydrogens is 248 g/mol. The topological polar surface area (TPSA) is 24.5 Å². The van der Waals surface area contributed by atoms with Crippen LogP contribution in [-0.4, -0.2) is 37.7 Å². The molecule has 0 aromatic heterocycles. The van der Waals surface area contributed by atoms with E-state index in [9.17, 15) is 0 Å². The van der Waals surface area contributed by atoms with E-state index in [-0.39, 0.29) is 0 Å². The number of rotatable bonds is 6. The third-order valence-electron chi connectivity index (χ3n) is 4.38. The molecule has 1 aromatic rings. The van der Waals surface area contributed by atoms with E-state index in [0.717, 1.165) is 30.9 Å². The number of methoxy groups -OCH3 is 1. The molecule has 3 heteroatoms. The van der Waals surface area contributed by atoms with Crippen molar-refractivity contribution in [3.05, 3.63) is 29.8 Å². The minimum absolute atomic E-state index is 0.719. The minimum atomic E-state index is 0.719. The largest absolute Gasteiger partial charge is 0.497 e. The highest BCUT2D eigenvalue weighted by Crippen LogP contribution is 2.24. The van der Waals surface area contributed by atoms with E-state index in [0.29, 0.717) is 0 Å². The van der Waals surface area contributed by atoms with Crippen molar-refractivity contribution in [3.63, 3.8) is 0 Å². The lowest BCUT2D eigenvalue weighted by atomic mass is 9.90. The van der Waals surface area contributed by atoms with Crippen LogP contribution in [0.4, 0.5) is 0 Å². The average molecular weight is 276 g/mol. The number of nitrogens with one attached hydrogen (secondary N) is 1. The van der Waals surface area contributed by atoms with E-state index in [4.69, 9.17) is 4.74 Å². The molecule has 0 unspecified atom stereocenters. The maximum absolute atomic E-state index is 5.30. The zero-order chi connectivity index (χ0) is 14.4. The number of nitrogens with zero attached hydrogens (tertiary/aromatic N) is 1. The Labute approximate surface area is 123 Å². The first-order chi connectivity index (χ1) is 9.72. The van der Waals surface area contributed by atoms with Gasteiger partial charge in [-0.15, -0.1) is 0 Å². The summed E-state index contributed by atoms with van der Waals surface area (Å²) >= 11 is 0. The van der Waals surface area contributed by atoms with Gasteiger partial charge in [0, 0.05) is 18.6 Å². The molecule has 1 aliphatic rings. The van der Waals surface area contributed by atoms with Gasteiger partial charge >= 0.3 is 0 Å². The average Bonchev–Trinajstić information content (AvgIpc) is 2.48. The van der Waals surface area contributed by atoms with Crippen LogP contribution in [0, 0.1) is 0 Å². The highest BCUT2D eigenvalue weighted by molar-refractivity contribution is 5.28. The van der Waals surface area contributed by atoms with Crippen molar-refractivity contribution in [2.45, 2.75) is 51.2 Å². The molecule has 1 aromatic carbocycles. The molecule has 0 bridgehead atoms. The Morgan fingerprint density at radius 2 is 2.00 bits per heavy atom. The molecule has 0 aliphatic heterocycles. The second kappa shape index (κ2) is 7.65. The second-order valence-electron chi connectivity index (χ2n) is 5.83. The summed E-state index contributed by atoms with van der Waals surface area (Å²) in [7, 11) is 3.97. The first-order valence-corrected chi connectivity index (χ1v) is 7.79. The molecule has 0 atom stereocenters. The lowest BCUT2D eigenvalue weighted by Gasteiger charge is -2.35. The molecule has 3 nitrogen and oxygen atoms in total. The standard InChI is InChI=1S/C17H28N2O/c1-4-18-15-8-10-16(11-9-15)19(2)13-14-6-5-7-17(12-14)20-3/h5-7,12,15-16,18H,4,8-11,13H2,1-3H3. The maximum Gasteiger partial charge on any atom is 0.119 e. The van der Waals surface area contributed by atoms with Gasteiger partial charge in [-0.05, 0) is 57.0 Å². The van der Waals surface area contributed by atoms with Crippen LogP contribution < -0.4 is 10.1 Å². The summed E-state index contributed by atoms with van der Waals surface area (Å²) in [5.74, 6) is 0.951. The molecule has 2 rings (SSSR count). The summed E-state index contributed by atoms with van der Waals surface area (Å²) in [6, 6.07) is 9.86. The van der Waals surface area contributed by atoms with Crippen LogP contribution in [0.2, 0.25) is 0 Å². The van der Waals surface area contributed by atoms with Crippen LogP contribution >= 0.6 is 0 Å². The van der Waals surface area contributed by atoms with Gasteiger partial charge in [-0.3, -0.25) is 4.90 Å². The molecule has 0 saturated heterocycles. The fraction of sp³-hybridized carbons (Fsp3) is 0.647. The van der Waals surface area contributed by atoms with Gasteiger partial charge in [-0.1, -0.05) is 19.1 Å². The number of hydrogen-bond donors (Lipinski definition) is 1. The van der Waals surface area contributed by atoms with Gasteiger partial charge in [0.1, 0.15) is 5.75 Å². The molecule has 0 radical (unpaired) electrons. The molecule has 0 spiro atoms. The van der Waals surface area contributed by atoms with E-state index >= 15 is 0 Å². The van der Waals surface area contributed by atoms with Crippen molar-refractivity contribution in [2.75, 3.05) is 20.7 Å². The van der Waals surface area contributed by atoms with Crippen molar-refractivity contribution < 1.29 is 4.74 Å². The van der Waals surface area contributed by atoms with Crippen LogP contribution in [0.5, 0.6) is 5.75 Å². The highest BCUT2D eigenvalue weighted by atomic mass is 16.5. The molecule has 0 heterocycles. The summed E-state index contributed by atoms with van der Waals surface area (Å²) in [6.07, 6.45) is 5.22. The Morgan fingerprint density at radius 1 is 1.25 bits per heavy atom. The Kier molecular flexibility index (Phi) is 5.86. The first kappa shape index (κ1) is 15.3. The summed E-state index contributed by atoms with van der Waals surface area (Å²) in [5, 5.41) is 3.57. The van der Waals surface area contributed by atoms with Gasteiger partial charge in [-0.25, -0.2) is 0 Å². The van der Waals surface area contributed by atoms with Crippen LogP contribution in [-0.2, 0) is 6.54 Å². The highest BCUT2D eigenvalue weighted by Gasteiger charge is 2.23. The third kappa shape index (κ3) is 4.22. The molecule has 0 amide bonds. The van der Waals surface area contributed by atoms with Crippen molar-refractivity contribution in [1.29, 1.82) is 0 Å². The number of benzene rings is 1. The maximum atomic E-state index is 5.30. The summed E-state index contributed by atoms with van der Waals surface area (Å²) in [4.78, 5) is 2.50. The fourth-order valence-electron chi connectivity index (χ4n) is 3.20. The Bertz CT molecular complexity index is 400. The van der Waals surface area contributed by atoms with Crippen molar-refractivity contribution in [3.8, 4) is 5.75 Å². The SMILES string of the molecule is CCNC1CCC(N(C)Cc2cccc(OC)c2)CC1.